The Morgan fingerprint density at radius 2 is 2.12 bits per heavy atom. The molecule has 0 spiro atoms. The third kappa shape index (κ3) is 4.58. The van der Waals surface area contributed by atoms with Crippen LogP contribution >= 0.6 is 0 Å². The first-order chi connectivity index (χ1) is 11.3. The van der Waals surface area contributed by atoms with Gasteiger partial charge in [-0.3, -0.25) is 0 Å². The van der Waals surface area contributed by atoms with Crippen LogP contribution in [0.5, 0.6) is 0 Å². The Morgan fingerprint density at radius 3 is 2.75 bits per heavy atom. The van der Waals surface area contributed by atoms with Crippen LogP contribution in [0, 0.1) is 0 Å². The number of hydrogen-bond donors (Lipinski definition) is 2. The van der Waals surface area contributed by atoms with E-state index in [1.165, 1.54) is 0 Å². The van der Waals surface area contributed by atoms with Gasteiger partial charge in [0.05, 0.1) is 5.56 Å². The van der Waals surface area contributed by atoms with Crippen molar-refractivity contribution in [3.8, 4) is 11.5 Å². The molecule has 0 aliphatic heterocycles. The number of amides is 1. The van der Waals surface area contributed by atoms with Crippen molar-refractivity contribution in [2.75, 3.05) is 5.73 Å². The first-order valence-electron chi connectivity index (χ1n) is 7.59. The summed E-state index contributed by atoms with van der Waals surface area (Å²) in [6.45, 7) is 9.05. The van der Waals surface area contributed by atoms with Crippen LogP contribution in [0.25, 0.3) is 11.5 Å². The third-order valence-electron chi connectivity index (χ3n) is 3.02. The van der Waals surface area contributed by atoms with Crippen molar-refractivity contribution in [1.29, 1.82) is 0 Å². The average Bonchev–Trinajstić information content (AvgIpc) is 2.95. The predicted molar refractivity (Wildman–Crippen MR) is 91.1 cm³/mol. The zero-order chi connectivity index (χ0) is 17.7. The second kappa shape index (κ2) is 7.16. The molecule has 0 fully saturated rings. The quantitative estimate of drug-likeness (QED) is 0.643. The summed E-state index contributed by atoms with van der Waals surface area (Å²) in [5, 5.41) is 10.7. The Bertz CT molecular complexity index is 719. The van der Waals surface area contributed by atoms with Gasteiger partial charge < -0.3 is 20.2 Å². The van der Waals surface area contributed by atoms with Crippen LogP contribution in [0.15, 0.2) is 41.3 Å². The number of hydrogen-bond acceptors (Lipinski definition) is 6. The van der Waals surface area contributed by atoms with E-state index < -0.39 is 17.7 Å². The largest absolute Gasteiger partial charge is 0.444 e. The van der Waals surface area contributed by atoms with Gasteiger partial charge in [0, 0.05) is 5.69 Å². The summed E-state index contributed by atoms with van der Waals surface area (Å²) < 4.78 is 10.9. The van der Waals surface area contributed by atoms with E-state index in [0.717, 1.165) is 0 Å². The number of nitrogens with one attached hydrogen (secondary N) is 1. The maximum Gasteiger partial charge on any atom is 0.408 e. The molecule has 0 radical (unpaired) electrons. The molecule has 7 heteroatoms. The van der Waals surface area contributed by atoms with E-state index in [-0.39, 0.29) is 5.89 Å². The normalized spacial score (nSPS) is 12.5. The molecular weight excluding hydrogens is 308 g/mol. The zero-order valence-electron chi connectivity index (χ0n) is 14.1. The average molecular weight is 330 g/mol. The molecule has 2 rings (SSSR count). The highest BCUT2D eigenvalue weighted by atomic mass is 16.6. The van der Waals surface area contributed by atoms with Gasteiger partial charge in [0.15, 0.2) is 0 Å². The fourth-order valence-corrected chi connectivity index (χ4v) is 2.01. The van der Waals surface area contributed by atoms with Crippen molar-refractivity contribution >= 4 is 11.8 Å². The lowest BCUT2D eigenvalue weighted by Gasteiger charge is -2.21. The first kappa shape index (κ1) is 17.5. The Hall–Kier alpha value is -2.83. The molecule has 0 saturated heterocycles. The molecule has 0 aliphatic carbocycles. The number of carbonyl (C=O) groups excluding carboxylic acids is 1. The molecule has 128 valence electrons. The highest BCUT2D eigenvalue weighted by molar-refractivity contribution is 5.70. The summed E-state index contributed by atoms with van der Waals surface area (Å²) in [6, 6.07) is 6.66. The van der Waals surface area contributed by atoms with E-state index in [9.17, 15) is 4.79 Å². The Balaban J connectivity index is 2.19. The zero-order valence-corrected chi connectivity index (χ0v) is 14.1. The van der Waals surface area contributed by atoms with Crippen LogP contribution in [0.4, 0.5) is 10.5 Å². The fourth-order valence-electron chi connectivity index (χ4n) is 2.01. The van der Waals surface area contributed by atoms with E-state index >= 15 is 0 Å². The number of alkyl carbamates (subject to hydrolysis) is 1. The molecule has 7 nitrogen and oxygen atoms in total. The Labute approximate surface area is 140 Å². The van der Waals surface area contributed by atoms with Crippen LogP contribution in [0.3, 0.4) is 0 Å². The third-order valence-corrected chi connectivity index (χ3v) is 3.02. The molecule has 0 bridgehead atoms. The van der Waals surface area contributed by atoms with E-state index in [0.29, 0.717) is 23.6 Å². The van der Waals surface area contributed by atoms with Crippen LogP contribution in [-0.4, -0.2) is 21.9 Å². The van der Waals surface area contributed by atoms with Crippen molar-refractivity contribution in [2.24, 2.45) is 0 Å². The van der Waals surface area contributed by atoms with E-state index in [1.807, 2.05) is 12.1 Å². The first-order valence-corrected chi connectivity index (χ1v) is 7.59. The summed E-state index contributed by atoms with van der Waals surface area (Å²) in [7, 11) is 0. The number of rotatable bonds is 5. The highest BCUT2D eigenvalue weighted by Crippen LogP contribution is 2.26. The van der Waals surface area contributed by atoms with Gasteiger partial charge in [-0.25, -0.2) is 4.79 Å². The SMILES string of the molecule is C=CC[C@H](NC(=O)OC(C)(C)C)c1nnc(-c2ccccc2N)o1. The van der Waals surface area contributed by atoms with Gasteiger partial charge in [-0.05, 0) is 39.3 Å². The number of anilines is 1. The van der Waals surface area contributed by atoms with Gasteiger partial charge in [-0.1, -0.05) is 18.2 Å². The molecule has 3 N–H and O–H groups in total. The van der Waals surface area contributed by atoms with Crippen molar-refractivity contribution in [3.63, 3.8) is 0 Å². The molecule has 0 saturated carbocycles. The minimum atomic E-state index is -0.596. The highest BCUT2D eigenvalue weighted by Gasteiger charge is 2.24. The number of nitrogens with two attached hydrogens (primary N) is 1. The summed E-state index contributed by atoms with van der Waals surface area (Å²) in [5.74, 6) is 0.558. The topological polar surface area (TPSA) is 103 Å². The summed E-state index contributed by atoms with van der Waals surface area (Å²) in [4.78, 5) is 12.0. The van der Waals surface area contributed by atoms with Crippen LogP contribution in [0.1, 0.15) is 39.1 Å². The van der Waals surface area contributed by atoms with Gasteiger partial charge in [-0.2, -0.15) is 0 Å². The molecular formula is C17H22N4O3. The number of benzene rings is 1. The number of ether oxygens (including phenoxy) is 1. The maximum absolute atomic E-state index is 12.0. The molecule has 1 amide bonds. The van der Waals surface area contributed by atoms with Gasteiger partial charge in [0.1, 0.15) is 11.6 Å². The number of nitrogens with zero attached hydrogens (tertiary/aromatic N) is 2. The molecule has 1 aromatic carbocycles. The van der Waals surface area contributed by atoms with Gasteiger partial charge in [-0.15, -0.1) is 16.8 Å². The Kier molecular flexibility index (Phi) is 5.23. The predicted octanol–water partition coefficient (Wildman–Crippen LogP) is 3.46. The van der Waals surface area contributed by atoms with E-state index in [4.69, 9.17) is 14.9 Å². The second-order valence-corrected chi connectivity index (χ2v) is 6.26. The lowest BCUT2D eigenvalue weighted by atomic mass is 10.2. The molecule has 2 aromatic rings. The van der Waals surface area contributed by atoms with Crippen molar-refractivity contribution in [3.05, 3.63) is 42.8 Å². The Morgan fingerprint density at radius 1 is 1.42 bits per heavy atom. The molecule has 1 heterocycles. The van der Waals surface area contributed by atoms with E-state index in [1.54, 1.807) is 39.0 Å². The minimum Gasteiger partial charge on any atom is -0.444 e. The van der Waals surface area contributed by atoms with Crippen molar-refractivity contribution in [1.82, 2.24) is 15.5 Å². The molecule has 1 aromatic heterocycles. The molecule has 0 aliphatic rings. The molecule has 24 heavy (non-hydrogen) atoms. The summed E-state index contributed by atoms with van der Waals surface area (Å²) in [6.07, 6.45) is 1.52. The van der Waals surface area contributed by atoms with Crippen LogP contribution in [0.2, 0.25) is 0 Å². The van der Waals surface area contributed by atoms with Crippen molar-refractivity contribution < 1.29 is 13.9 Å². The monoisotopic (exact) mass is 330 g/mol. The van der Waals surface area contributed by atoms with Gasteiger partial charge in [0.25, 0.3) is 0 Å². The fraction of sp³-hybridized carbons (Fsp3) is 0.353. The minimum absolute atomic E-state index is 0.263. The summed E-state index contributed by atoms with van der Waals surface area (Å²) in [5.41, 5.74) is 6.50. The lowest BCUT2D eigenvalue weighted by Crippen LogP contribution is -2.35. The maximum atomic E-state index is 12.0. The number of aromatic nitrogens is 2. The van der Waals surface area contributed by atoms with E-state index in [2.05, 4.69) is 22.1 Å². The molecule has 0 unspecified atom stereocenters. The van der Waals surface area contributed by atoms with Crippen molar-refractivity contribution in [2.45, 2.75) is 38.8 Å². The van der Waals surface area contributed by atoms with Gasteiger partial charge in [0.2, 0.25) is 11.8 Å². The summed E-state index contributed by atoms with van der Waals surface area (Å²) >= 11 is 0. The second-order valence-electron chi connectivity index (χ2n) is 6.26. The van der Waals surface area contributed by atoms with Gasteiger partial charge >= 0.3 is 6.09 Å². The van der Waals surface area contributed by atoms with Crippen LogP contribution < -0.4 is 11.1 Å². The smallest absolute Gasteiger partial charge is 0.408 e. The number of carbonyl (C=O) groups is 1. The molecule has 1 atom stereocenters. The number of nitrogen functional groups attached to an aromatic ring is 1. The van der Waals surface area contributed by atoms with Crippen LogP contribution in [-0.2, 0) is 4.74 Å². The number of para-hydroxylation sites is 1. The standard InChI is InChI=1S/C17H22N4O3/c1-5-8-13(19-16(22)24-17(2,3)4)15-21-20-14(23-15)11-9-6-7-10-12(11)18/h5-7,9-10,13H,1,8,18H2,2-4H3,(H,19,22)/t13-/m0/s1. The lowest BCUT2D eigenvalue weighted by molar-refractivity contribution is 0.0496.